The molecule has 0 bridgehead atoms. The number of rotatable bonds is 3. The molecule has 2 heterocycles. The zero-order valence-electron chi connectivity index (χ0n) is 12.8. The summed E-state index contributed by atoms with van der Waals surface area (Å²) in [7, 11) is 0. The zero-order valence-corrected chi connectivity index (χ0v) is 14.3. The Balaban J connectivity index is 1.67. The molecule has 4 nitrogen and oxygen atoms in total. The van der Waals surface area contributed by atoms with Gasteiger partial charge in [0.15, 0.2) is 0 Å². The van der Waals surface area contributed by atoms with E-state index in [4.69, 9.17) is 23.2 Å². The maximum atomic E-state index is 13.2. The van der Waals surface area contributed by atoms with Gasteiger partial charge < -0.3 is 0 Å². The maximum absolute atomic E-state index is 13.2. The lowest BCUT2D eigenvalue weighted by Crippen LogP contribution is -2.58. The van der Waals surface area contributed by atoms with E-state index in [-0.39, 0.29) is 17.8 Å². The number of benzene rings is 2. The van der Waals surface area contributed by atoms with Crippen LogP contribution >= 0.6 is 23.2 Å². The van der Waals surface area contributed by atoms with Gasteiger partial charge >= 0.3 is 0 Å². The summed E-state index contributed by atoms with van der Waals surface area (Å²) in [6, 6.07) is 12.7. The van der Waals surface area contributed by atoms with Gasteiger partial charge in [-0.1, -0.05) is 23.7 Å². The van der Waals surface area contributed by atoms with E-state index in [1.165, 1.54) is 17.1 Å². The lowest BCUT2D eigenvalue weighted by molar-refractivity contribution is -0.143. The van der Waals surface area contributed by atoms with Gasteiger partial charge in [-0.3, -0.25) is 15.2 Å². The molecule has 0 aliphatic carbocycles. The van der Waals surface area contributed by atoms with Crippen LogP contribution < -0.4 is 5.43 Å². The Kier molecular flexibility index (Phi) is 3.98. The average molecular weight is 376 g/mol. The first-order valence-corrected chi connectivity index (χ1v) is 8.39. The van der Waals surface area contributed by atoms with Gasteiger partial charge in [-0.25, -0.2) is 9.40 Å². The van der Waals surface area contributed by atoms with E-state index in [0.717, 1.165) is 10.9 Å². The topological polar surface area (TPSA) is 45.2 Å². The van der Waals surface area contributed by atoms with Crippen LogP contribution in [0.2, 0.25) is 5.02 Å². The number of anilines is 1. The van der Waals surface area contributed by atoms with Gasteiger partial charge in [0.25, 0.3) is 5.91 Å². The summed E-state index contributed by atoms with van der Waals surface area (Å²) >= 11 is 12.2. The number of pyridine rings is 1. The van der Waals surface area contributed by atoms with Crippen LogP contribution in [0.1, 0.15) is 11.6 Å². The number of halogens is 3. The highest BCUT2D eigenvalue weighted by atomic mass is 35.5. The van der Waals surface area contributed by atoms with E-state index < -0.39 is 5.38 Å². The standard InChI is InChI=1S/C18H12Cl2FN3O/c19-11-3-6-13-14(7-8-22-15(13)9-11)23-24-17(16(20)18(24)25)10-1-4-12(21)5-2-10/h1-9,16-17H,(H,22,23). The fraction of sp³-hybridized carbons (Fsp3) is 0.111. The summed E-state index contributed by atoms with van der Waals surface area (Å²) in [5, 5.41) is 2.17. The van der Waals surface area contributed by atoms with Gasteiger partial charge in [0.2, 0.25) is 0 Å². The Morgan fingerprint density at radius 1 is 1.12 bits per heavy atom. The number of amides is 1. The fourth-order valence-corrected chi connectivity index (χ4v) is 3.43. The molecule has 2 atom stereocenters. The minimum absolute atomic E-state index is 0.241. The molecule has 0 spiro atoms. The molecule has 1 aliphatic heterocycles. The van der Waals surface area contributed by atoms with E-state index in [2.05, 4.69) is 10.4 Å². The maximum Gasteiger partial charge on any atom is 0.262 e. The van der Waals surface area contributed by atoms with Gasteiger partial charge in [-0.15, -0.1) is 11.6 Å². The van der Waals surface area contributed by atoms with Gasteiger partial charge in [-0.05, 0) is 42.0 Å². The van der Waals surface area contributed by atoms with Crippen LogP contribution in [0, 0.1) is 5.82 Å². The lowest BCUT2D eigenvalue weighted by atomic mass is 9.95. The molecule has 1 aromatic heterocycles. The fourth-order valence-electron chi connectivity index (χ4n) is 2.90. The molecule has 1 saturated heterocycles. The quantitative estimate of drug-likeness (QED) is 0.539. The van der Waals surface area contributed by atoms with E-state index >= 15 is 0 Å². The molecule has 0 saturated carbocycles. The molecule has 25 heavy (non-hydrogen) atoms. The zero-order chi connectivity index (χ0) is 17.6. The molecule has 126 valence electrons. The highest BCUT2D eigenvalue weighted by Crippen LogP contribution is 2.39. The second kappa shape index (κ2) is 6.17. The van der Waals surface area contributed by atoms with Crippen LogP contribution in [-0.2, 0) is 4.79 Å². The number of nitrogens with one attached hydrogen (secondary N) is 1. The number of alkyl halides is 1. The number of hydrazine groups is 1. The second-order valence-corrected chi connectivity index (χ2v) is 6.64. The van der Waals surface area contributed by atoms with Gasteiger partial charge in [0, 0.05) is 16.6 Å². The summed E-state index contributed by atoms with van der Waals surface area (Å²) in [4.78, 5) is 16.5. The lowest BCUT2D eigenvalue weighted by Gasteiger charge is -2.44. The summed E-state index contributed by atoms with van der Waals surface area (Å²) in [6.07, 6.45) is 1.64. The van der Waals surface area contributed by atoms with Crippen molar-refractivity contribution in [1.29, 1.82) is 0 Å². The third-order valence-electron chi connectivity index (χ3n) is 4.19. The van der Waals surface area contributed by atoms with E-state index in [1.807, 2.05) is 6.07 Å². The predicted molar refractivity (Wildman–Crippen MR) is 96.0 cm³/mol. The predicted octanol–water partition coefficient (Wildman–Crippen LogP) is 4.55. The molecule has 0 radical (unpaired) electrons. The first kappa shape index (κ1) is 16.1. The van der Waals surface area contributed by atoms with Crippen molar-refractivity contribution in [1.82, 2.24) is 9.99 Å². The number of aromatic nitrogens is 1. The van der Waals surface area contributed by atoms with Gasteiger partial charge in [0.05, 0.1) is 11.2 Å². The first-order valence-electron chi connectivity index (χ1n) is 7.58. The molecule has 2 aromatic carbocycles. The van der Waals surface area contributed by atoms with Crippen molar-refractivity contribution in [2.45, 2.75) is 11.4 Å². The number of hydrogen-bond donors (Lipinski definition) is 1. The summed E-state index contributed by atoms with van der Waals surface area (Å²) in [6.45, 7) is 0. The number of fused-ring (bicyclic) bond motifs is 1. The Labute approximate surface area is 153 Å². The number of nitrogens with zero attached hydrogens (tertiary/aromatic N) is 2. The number of carbonyl (C=O) groups is 1. The van der Waals surface area contributed by atoms with Crippen molar-refractivity contribution in [2.24, 2.45) is 0 Å². The summed E-state index contributed by atoms with van der Waals surface area (Å²) < 4.78 is 13.2. The number of hydrogen-bond acceptors (Lipinski definition) is 3. The minimum Gasteiger partial charge on any atom is -0.295 e. The van der Waals surface area contributed by atoms with Crippen LogP contribution in [0.4, 0.5) is 10.1 Å². The van der Waals surface area contributed by atoms with Crippen LogP contribution in [0.5, 0.6) is 0 Å². The third-order valence-corrected chi connectivity index (χ3v) is 4.85. The van der Waals surface area contributed by atoms with Crippen LogP contribution in [-0.4, -0.2) is 21.3 Å². The molecule has 4 rings (SSSR count). The SMILES string of the molecule is O=C1C(Cl)C(c2ccc(F)cc2)N1Nc1ccnc2cc(Cl)ccc12. The van der Waals surface area contributed by atoms with Gasteiger partial charge in [-0.2, -0.15) is 0 Å². The molecule has 1 N–H and O–H groups in total. The molecule has 2 unspecified atom stereocenters. The summed E-state index contributed by atoms with van der Waals surface area (Å²) in [5.74, 6) is -0.577. The van der Waals surface area contributed by atoms with E-state index in [0.29, 0.717) is 16.2 Å². The molecule has 1 fully saturated rings. The third kappa shape index (κ3) is 2.79. The van der Waals surface area contributed by atoms with E-state index in [1.54, 1.807) is 36.5 Å². The number of carbonyl (C=O) groups excluding carboxylic acids is 1. The molecule has 1 amide bonds. The average Bonchev–Trinajstić information content (AvgIpc) is 2.62. The molecular formula is C18H12Cl2FN3O. The second-order valence-electron chi connectivity index (χ2n) is 5.74. The highest BCUT2D eigenvalue weighted by Gasteiger charge is 2.47. The number of β-lactam (4-membered cyclic amide) rings is 1. The molecule has 7 heteroatoms. The monoisotopic (exact) mass is 375 g/mol. The largest absolute Gasteiger partial charge is 0.295 e. The highest BCUT2D eigenvalue weighted by molar-refractivity contribution is 6.34. The van der Waals surface area contributed by atoms with Crippen molar-refractivity contribution in [3.8, 4) is 0 Å². The Bertz CT molecular complexity index is 964. The Morgan fingerprint density at radius 3 is 2.64 bits per heavy atom. The van der Waals surface area contributed by atoms with Gasteiger partial charge in [0.1, 0.15) is 17.2 Å². The van der Waals surface area contributed by atoms with Crippen LogP contribution in [0.25, 0.3) is 10.9 Å². The normalized spacial score (nSPS) is 19.8. The Hall–Kier alpha value is -2.37. The minimum atomic E-state index is -0.694. The summed E-state index contributed by atoms with van der Waals surface area (Å²) in [5.41, 5.74) is 5.29. The molecular weight excluding hydrogens is 364 g/mol. The molecule has 1 aliphatic rings. The van der Waals surface area contributed by atoms with Crippen molar-refractivity contribution in [3.63, 3.8) is 0 Å². The van der Waals surface area contributed by atoms with Crippen molar-refractivity contribution >= 4 is 45.7 Å². The van der Waals surface area contributed by atoms with E-state index in [9.17, 15) is 9.18 Å². The smallest absolute Gasteiger partial charge is 0.262 e. The molecule has 3 aromatic rings. The van der Waals surface area contributed by atoms with Crippen molar-refractivity contribution < 1.29 is 9.18 Å². The van der Waals surface area contributed by atoms with Crippen molar-refractivity contribution in [3.05, 3.63) is 71.1 Å². The van der Waals surface area contributed by atoms with Crippen LogP contribution in [0.3, 0.4) is 0 Å². The first-order chi connectivity index (χ1) is 12.0. The Morgan fingerprint density at radius 2 is 1.88 bits per heavy atom. The van der Waals surface area contributed by atoms with Crippen LogP contribution in [0.15, 0.2) is 54.7 Å². The van der Waals surface area contributed by atoms with Crippen molar-refractivity contribution in [2.75, 3.05) is 5.43 Å².